The van der Waals surface area contributed by atoms with Crippen LogP contribution in [0.5, 0.6) is 0 Å². The van der Waals surface area contributed by atoms with Gasteiger partial charge in [0.2, 0.25) is 0 Å². The lowest BCUT2D eigenvalue weighted by molar-refractivity contribution is -0.167. The van der Waals surface area contributed by atoms with Crippen molar-refractivity contribution in [3.8, 4) is 0 Å². The van der Waals surface area contributed by atoms with Gasteiger partial charge in [0.1, 0.15) is 13.2 Å². The number of carbonyl (C=O) groups excluding carboxylic acids is 3. The summed E-state index contributed by atoms with van der Waals surface area (Å²) in [5.74, 6) is -1.04. The lowest BCUT2D eigenvalue weighted by Gasteiger charge is -2.18. The Hall–Kier alpha value is -3.67. The van der Waals surface area contributed by atoms with Crippen molar-refractivity contribution in [1.29, 1.82) is 0 Å². The number of unbranched alkanes of at least 4 members (excludes halogenated alkanes) is 12. The summed E-state index contributed by atoms with van der Waals surface area (Å²) in [6, 6.07) is 0. The third-order valence-corrected chi connectivity index (χ3v) is 9.08. The molecule has 0 spiro atoms. The first-order valence-corrected chi connectivity index (χ1v) is 22.7. The standard InChI is InChI=1S/C51H82O6/c1-4-7-10-13-16-19-22-23-24-25-26-27-30-32-35-38-41-44-50(53)56-47-48(57-51(54)45-42-39-36-33-29-21-18-15-12-9-6-3)46-55-49(52)43-40-37-34-31-28-20-17-14-11-8-5-2/h7,9-10,12,16,18-19,21,23-24,26-27,32-33,35-36,48H,4-6,8,11,13-15,17,20,22,25,28-31,34,37-47H2,1-3H3/b10-7-,12-9-,19-16-,21-18-,24-23-,27-26-,35-32-,36-33-. The molecule has 0 rings (SSSR count). The number of ether oxygens (including phenoxy) is 3. The Bertz CT molecular complexity index is 1180. The number of hydrogen-bond acceptors (Lipinski definition) is 6. The second kappa shape index (κ2) is 45.0. The van der Waals surface area contributed by atoms with E-state index in [1.54, 1.807) is 0 Å². The molecule has 0 aromatic carbocycles. The summed E-state index contributed by atoms with van der Waals surface area (Å²) in [6.45, 7) is 6.27. The Morgan fingerprint density at radius 2 is 0.684 bits per heavy atom. The summed E-state index contributed by atoms with van der Waals surface area (Å²) in [5, 5.41) is 0. The Morgan fingerprint density at radius 3 is 1.07 bits per heavy atom. The molecule has 0 saturated carbocycles. The molecule has 0 aromatic heterocycles. The smallest absolute Gasteiger partial charge is 0.306 e. The Labute approximate surface area is 349 Å². The maximum Gasteiger partial charge on any atom is 0.306 e. The van der Waals surface area contributed by atoms with Crippen molar-refractivity contribution >= 4 is 17.9 Å². The zero-order valence-corrected chi connectivity index (χ0v) is 36.6. The molecule has 0 aliphatic rings. The van der Waals surface area contributed by atoms with Crippen molar-refractivity contribution in [2.75, 3.05) is 13.2 Å². The van der Waals surface area contributed by atoms with Crippen LogP contribution in [0.4, 0.5) is 0 Å². The molecule has 1 atom stereocenters. The normalized spacial score (nSPS) is 13.0. The third-order valence-electron chi connectivity index (χ3n) is 9.08. The molecule has 0 fully saturated rings. The van der Waals surface area contributed by atoms with E-state index in [1.807, 2.05) is 0 Å². The van der Waals surface area contributed by atoms with E-state index in [0.717, 1.165) is 83.5 Å². The van der Waals surface area contributed by atoms with E-state index in [0.29, 0.717) is 19.3 Å². The average Bonchev–Trinajstić information content (AvgIpc) is 3.21. The molecule has 6 heteroatoms. The van der Waals surface area contributed by atoms with E-state index in [-0.39, 0.29) is 44.0 Å². The van der Waals surface area contributed by atoms with E-state index < -0.39 is 6.10 Å². The molecule has 6 nitrogen and oxygen atoms in total. The topological polar surface area (TPSA) is 78.9 Å². The Morgan fingerprint density at radius 1 is 0.368 bits per heavy atom. The van der Waals surface area contributed by atoms with Crippen LogP contribution in [0, 0.1) is 0 Å². The van der Waals surface area contributed by atoms with Crippen LogP contribution in [0.2, 0.25) is 0 Å². The highest BCUT2D eigenvalue weighted by atomic mass is 16.6. The van der Waals surface area contributed by atoms with Gasteiger partial charge in [-0.25, -0.2) is 0 Å². The highest BCUT2D eigenvalue weighted by molar-refractivity contribution is 5.71. The van der Waals surface area contributed by atoms with E-state index in [4.69, 9.17) is 14.2 Å². The largest absolute Gasteiger partial charge is 0.462 e. The second-order valence-electron chi connectivity index (χ2n) is 14.5. The minimum atomic E-state index is -0.823. The molecule has 57 heavy (non-hydrogen) atoms. The number of allylic oxidation sites excluding steroid dienone is 16. The van der Waals surface area contributed by atoms with Crippen LogP contribution in [0.15, 0.2) is 97.2 Å². The van der Waals surface area contributed by atoms with Crippen LogP contribution in [0.1, 0.15) is 188 Å². The summed E-state index contributed by atoms with van der Waals surface area (Å²) in [6.07, 6.45) is 58.3. The molecule has 0 saturated heterocycles. The highest BCUT2D eigenvalue weighted by Gasteiger charge is 2.19. The molecule has 0 heterocycles. The van der Waals surface area contributed by atoms with Gasteiger partial charge in [0.05, 0.1) is 0 Å². The fourth-order valence-corrected chi connectivity index (χ4v) is 5.73. The van der Waals surface area contributed by atoms with Gasteiger partial charge < -0.3 is 14.2 Å². The van der Waals surface area contributed by atoms with Gasteiger partial charge in [-0.05, 0) is 83.5 Å². The predicted molar refractivity (Wildman–Crippen MR) is 242 cm³/mol. The van der Waals surface area contributed by atoms with Gasteiger partial charge in [-0.2, -0.15) is 0 Å². The van der Waals surface area contributed by atoms with Crippen molar-refractivity contribution in [1.82, 2.24) is 0 Å². The van der Waals surface area contributed by atoms with Crippen LogP contribution in [-0.2, 0) is 28.6 Å². The number of rotatable bonds is 39. The molecular formula is C51H82O6. The van der Waals surface area contributed by atoms with Crippen LogP contribution < -0.4 is 0 Å². The molecule has 0 aliphatic heterocycles. The molecule has 0 radical (unpaired) electrons. The van der Waals surface area contributed by atoms with E-state index in [1.165, 1.54) is 51.4 Å². The van der Waals surface area contributed by atoms with Gasteiger partial charge in [0.15, 0.2) is 6.10 Å². The zero-order valence-electron chi connectivity index (χ0n) is 36.6. The molecule has 322 valence electrons. The van der Waals surface area contributed by atoms with Crippen LogP contribution in [0.25, 0.3) is 0 Å². The number of hydrogen-bond donors (Lipinski definition) is 0. The molecule has 0 aliphatic carbocycles. The minimum absolute atomic E-state index is 0.115. The third kappa shape index (κ3) is 43.3. The number of esters is 3. The Kier molecular flexibility index (Phi) is 42.1. The fraction of sp³-hybridized carbons (Fsp3) is 0.627. The molecule has 0 N–H and O–H groups in total. The van der Waals surface area contributed by atoms with Gasteiger partial charge >= 0.3 is 17.9 Å². The van der Waals surface area contributed by atoms with Crippen LogP contribution in [0.3, 0.4) is 0 Å². The lowest BCUT2D eigenvalue weighted by atomic mass is 10.1. The van der Waals surface area contributed by atoms with Gasteiger partial charge in [-0.3, -0.25) is 14.4 Å². The predicted octanol–water partition coefficient (Wildman–Crippen LogP) is 14.6. The number of carbonyl (C=O) groups is 3. The monoisotopic (exact) mass is 791 g/mol. The van der Waals surface area contributed by atoms with Crippen molar-refractivity contribution in [3.05, 3.63) is 97.2 Å². The summed E-state index contributed by atoms with van der Waals surface area (Å²) in [5.41, 5.74) is 0. The first kappa shape index (κ1) is 53.3. The fourth-order valence-electron chi connectivity index (χ4n) is 5.73. The quantitative estimate of drug-likeness (QED) is 0.0267. The van der Waals surface area contributed by atoms with Crippen molar-refractivity contribution in [2.45, 2.75) is 194 Å². The highest BCUT2D eigenvalue weighted by Crippen LogP contribution is 2.13. The van der Waals surface area contributed by atoms with Crippen LogP contribution in [-0.4, -0.2) is 37.2 Å². The molecule has 0 bridgehead atoms. The summed E-state index contributed by atoms with van der Waals surface area (Å²) in [4.78, 5) is 37.7. The van der Waals surface area contributed by atoms with Gasteiger partial charge in [0, 0.05) is 19.3 Å². The first-order chi connectivity index (χ1) is 28.0. The lowest BCUT2D eigenvalue weighted by Crippen LogP contribution is -2.30. The maximum atomic E-state index is 12.7. The van der Waals surface area contributed by atoms with E-state index >= 15 is 0 Å². The second-order valence-corrected chi connectivity index (χ2v) is 14.5. The minimum Gasteiger partial charge on any atom is -0.462 e. The molecular weight excluding hydrogens is 709 g/mol. The molecule has 0 aromatic rings. The van der Waals surface area contributed by atoms with Crippen molar-refractivity contribution < 1.29 is 28.6 Å². The van der Waals surface area contributed by atoms with Crippen molar-refractivity contribution in [3.63, 3.8) is 0 Å². The SMILES string of the molecule is CC/C=C\C/C=C\C/C=C\C/C=C\C/C=C\CCCC(=O)OCC(COC(=O)CCCCCCCCCCCCC)OC(=O)CCC/C=C\C/C=C\C/C=C\CC. The van der Waals surface area contributed by atoms with Gasteiger partial charge in [-0.15, -0.1) is 0 Å². The van der Waals surface area contributed by atoms with E-state index in [9.17, 15) is 14.4 Å². The zero-order chi connectivity index (χ0) is 41.5. The Balaban J connectivity index is 4.53. The summed E-state index contributed by atoms with van der Waals surface area (Å²) in [7, 11) is 0. The first-order valence-electron chi connectivity index (χ1n) is 22.7. The van der Waals surface area contributed by atoms with Crippen molar-refractivity contribution in [2.24, 2.45) is 0 Å². The van der Waals surface area contributed by atoms with E-state index in [2.05, 4.69) is 118 Å². The maximum absolute atomic E-state index is 12.7. The van der Waals surface area contributed by atoms with Gasteiger partial charge in [-0.1, -0.05) is 182 Å². The summed E-state index contributed by atoms with van der Waals surface area (Å²) < 4.78 is 16.6. The molecule has 1 unspecified atom stereocenters. The molecule has 0 amide bonds. The summed E-state index contributed by atoms with van der Waals surface area (Å²) >= 11 is 0. The van der Waals surface area contributed by atoms with Crippen LogP contribution >= 0.6 is 0 Å². The van der Waals surface area contributed by atoms with Gasteiger partial charge in [0.25, 0.3) is 0 Å². The average molecular weight is 791 g/mol.